The Hall–Kier alpha value is -0.960. The average molecular weight is 351 g/mol. The molecule has 0 bridgehead atoms. The molecule has 1 rings (SSSR count). The van der Waals surface area contributed by atoms with E-state index in [1.807, 2.05) is 12.1 Å². The van der Waals surface area contributed by atoms with Crippen LogP contribution in [0.2, 0.25) is 0 Å². The zero-order valence-electron chi connectivity index (χ0n) is 10.3. The van der Waals surface area contributed by atoms with Crippen molar-refractivity contribution in [1.82, 2.24) is 9.03 Å². The predicted octanol–water partition coefficient (Wildman–Crippen LogP) is 1.19. The number of aliphatic carboxylic acids is 1. The Kier molecular flexibility index (Phi) is 5.92. The van der Waals surface area contributed by atoms with E-state index in [1.165, 1.54) is 7.05 Å². The number of carboxylic acids is 1. The second kappa shape index (κ2) is 6.99. The highest BCUT2D eigenvalue weighted by Gasteiger charge is 2.17. The topological polar surface area (TPSA) is 86.7 Å². The first-order chi connectivity index (χ1) is 8.81. The fraction of sp³-hybridized carbons (Fsp3) is 0.364. The highest BCUT2D eigenvalue weighted by Crippen LogP contribution is 2.10. The summed E-state index contributed by atoms with van der Waals surface area (Å²) in [5.74, 6) is -1.03. The van der Waals surface area contributed by atoms with Gasteiger partial charge in [0.2, 0.25) is 0 Å². The Morgan fingerprint density at radius 2 is 1.95 bits per heavy atom. The first-order valence-corrected chi connectivity index (χ1v) is 7.72. The van der Waals surface area contributed by atoms with Crippen molar-refractivity contribution < 1.29 is 18.3 Å². The molecule has 0 amide bonds. The molecule has 0 atom stereocenters. The minimum absolute atomic E-state index is 0.0645. The summed E-state index contributed by atoms with van der Waals surface area (Å²) < 4.78 is 27.9. The van der Waals surface area contributed by atoms with E-state index < -0.39 is 16.2 Å². The first-order valence-electron chi connectivity index (χ1n) is 5.48. The van der Waals surface area contributed by atoms with Crippen molar-refractivity contribution >= 4 is 32.1 Å². The summed E-state index contributed by atoms with van der Waals surface area (Å²) in [6.45, 7) is 0.0953. The third kappa shape index (κ3) is 5.68. The van der Waals surface area contributed by atoms with E-state index in [2.05, 4.69) is 20.7 Å². The lowest BCUT2D eigenvalue weighted by molar-refractivity contribution is -0.137. The molecule has 0 aliphatic rings. The Labute approximate surface area is 120 Å². The van der Waals surface area contributed by atoms with Gasteiger partial charge in [0.25, 0.3) is 10.2 Å². The van der Waals surface area contributed by atoms with Gasteiger partial charge < -0.3 is 5.11 Å². The summed E-state index contributed by atoms with van der Waals surface area (Å²) in [5, 5.41) is 8.52. The number of halogens is 1. The van der Waals surface area contributed by atoms with Crippen LogP contribution in [0.4, 0.5) is 0 Å². The van der Waals surface area contributed by atoms with Crippen molar-refractivity contribution in [2.24, 2.45) is 0 Å². The van der Waals surface area contributed by atoms with Gasteiger partial charge in [-0.3, -0.25) is 4.79 Å². The molecular formula is C11H15BrN2O4S. The van der Waals surface area contributed by atoms with E-state index in [4.69, 9.17) is 5.11 Å². The van der Waals surface area contributed by atoms with Gasteiger partial charge in [0.15, 0.2) is 0 Å². The zero-order valence-corrected chi connectivity index (χ0v) is 12.7. The SMILES string of the molecule is CN(CCC(=O)O)S(=O)(=O)NCc1ccc(Br)cc1. The second-order valence-corrected chi connectivity index (χ2v) is 6.70. The zero-order chi connectivity index (χ0) is 14.5. The maximum atomic E-state index is 11.8. The maximum absolute atomic E-state index is 11.8. The molecule has 1 aromatic carbocycles. The predicted molar refractivity (Wildman–Crippen MR) is 74.8 cm³/mol. The third-order valence-electron chi connectivity index (χ3n) is 2.42. The molecule has 0 radical (unpaired) electrons. The number of rotatable bonds is 7. The molecule has 19 heavy (non-hydrogen) atoms. The standard InChI is InChI=1S/C11H15BrN2O4S/c1-14(7-6-11(15)16)19(17,18)13-8-9-2-4-10(12)5-3-9/h2-5,13H,6-8H2,1H3,(H,15,16). The van der Waals surface area contributed by atoms with Gasteiger partial charge in [-0.1, -0.05) is 28.1 Å². The Balaban J connectivity index is 2.54. The van der Waals surface area contributed by atoms with Gasteiger partial charge >= 0.3 is 5.97 Å². The molecule has 6 nitrogen and oxygen atoms in total. The van der Waals surface area contributed by atoms with E-state index in [9.17, 15) is 13.2 Å². The molecule has 1 aromatic rings. The van der Waals surface area contributed by atoms with E-state index in [1.54, 1.807) is 12.1 Å². The van der Waals surface area contributed by atoms with E-state index in [0.29, 0.717) is 0 Å². The summed E-state index contributed by atoms with van der Waals surface area (Å²) in [5.41, 5.74) is 0.818. The lowest BCUT2D eigenvalue weighted by Crippen LogP contribution is -2.38. The average Bonchev–Trinajstić information content (AvgIpc) is 2.35. The molecule has 0 unspecified atom stereocenters. The van der Waals surface area contributed by atoms with Gasteiger partial charge in [0, 0.05) is 24.6 Å². The van der Waals surface area contributed by atoms with E-state index >= 15 is 0 Å². The largest absolute Gasteiger partial charge is 0.481 e. The highest BCUT2D eigenvalue weighted by atomic mass is 79.9. The number of nitrogens with zero attached hydrogens (tertiary/aromatic N) is 1. The van der Waals surface area contributed by atoms with Crippen molar-refractivity contribution in [1.29, 1.82) is 0 Å². The monoisotopic (exact) mass is 350 g/mol. The normalized spacial score (nSPS) is 11.7. The number of hydrogen-bond acceptors (Lipinski definition) is 3. The van der Waals surface area contributed by atoms with Gasteiger partial charge in [-0.05, 0) is 17.7 Å². The van der Waals surface area contributed by atoms with Gasteiger partial charge in [-0.25, -0.2) is 0 Å². The summed E-state index contributed by atoms with van der Waals surface area (Å²) in [4.78, 5) is 10.4. The van der Waals surface area contributed by atoms with Crippen LogP contribution in [0, 0.1) is 0 Å². The van der Waals surface area contributed by atoms with Crippen LogP contribution in [0.3, 0.4) is 0 Å². The number of hydrogen-bond donors (Lipinski definition) is 2. The fourth-order valence-corrected chi connectivity index (χ4v) is 2.43. The second-order valence-electron chi connectivity index (χ2n) is 3.92. The lowest BCUT2D eigenvalue weighted by atomic mass is 10.2. The van der Waals surface area contributed by atoms with Crippen LogP contribution in [0.1, 0.15) is 12.0 Å². The van der Waals surface area contributed by atoms with Crippen LogP contribution in [0.5, 0.6) is 0 Å². The van der Waals surface area contributed by atoms with Gasteiger partial charge in [0.1, 0.15) is 0 Å². The van der Waals surface area contributed by atoms with Crippen LogP contribution in [-0.4, -0.2) is 37.4 Å². The van der Waals surface area contributed by atoms with Crippen LogP contribution < -0.4 is 4.72 Å². The number of benzene rings is 1. The van der Waals surface area contributed by atoms with Crippen LogP contribution in [0.15, 0.2) is 28.7 Å². The maximum Gasteiger partial charge on any atom is 0.304 e. The quantitative estimate of drug-likeness (QED) is 0.773. The molecule has 0 aliphatic carbocycles. The Bertz CT molecular complexity index is 530. The Morgan fingerprint density at radius 3 is 2.47 bits per heavy atom. The molecule has 0 spiro atoms. The van der Waals surface area contributed by atoms with Crippen molar-refractivity contribution in [2.45, 2.75) is 13.0 Å². The molecule has 0 fully saturated rings. The van der Waals surface area contributed by atoms with Crippen LogP contribution in [-0.2, 0) is 21.5 Å². The fourth-order valence-electron chi connectivity index (χ4n) is 1.26. The van der Waals surface area contributed by atoms with Crippen molar-refractivity contribution in [3.05, 3.63) is 34.3 Å². The van der Waals surface area contributed by atoms with E-state index in [-0.39, 0.29) is 19.5 Å². The molecule has 106 valence electrons. The van der Waals surface area contributed by atoms with Gasteiger partial charge in [0.05, 0.1) is 6.42 Å². The molecule has 8 heteroatoms. The molecule has 0 saturated heterocycles. The van der Waals surface area contributed by atoms with Crippen molar-refractivity contribution in [3.8, 4) is 0 Å². The summed E-state index contributed by atoms with van der Waals surface area (Å²) in [6.07, 6.45) is -0.226. The molecule has 0 aliphatic heterocycles. The number of carboxylic acid groups (broad SMARTS) is 1. The minimum atomic E-state index is -3.66. The lowest BCUT2D eigenvalue weighted by Gasteiger charge is -2.16. The molecule has 0 saturated carbocycles. The van der Waals surface area contributed by atoms with Crippen molar-refractivity contribution in [2.75, 3.05) is 13.6 Å². The highest BCUT2D eigenvalue weighted by molar-refractivity contribution is 9.10. The molecular weight excluding hydrogens is 336 g/mol. The van der Waals surface area contributed by atoms with Gasteiger partial charge in [-0.15, -0.1) is 0 Å². The van der Waals surface area contributed by atoms with E-state index in [0.717, 1.165) is 14.3 Å². The third-order valence-corrected chi connectivity index (χ3v) is 4.46. The van der Waals surface area contributed by atoms with Gasteiger partial charge in [-0.2, -0.15) is 17.4 Å². The van der Waals surface area contributed by atoms with Crippen molar-refractivity contribution in [3.63, 3.8) is 0 Å². The smallest absolute Gasteiger partial charge is 0.304 e. The molecule has 2 N–H and O–H groups in total. The van der Waals surface area contributed by atoms with Crippen LogP contribution in [0.25, 0.3) is 0 Å². The minimum Gasteiger partial charge on any atom is -0.481 e. The summed E-state index contributed by atoms with van der Waals surface area (Å²) >= 11 is 3.29. The molecule has 0 aromatic heterocycles. The summed E-state index contributed by atoms with van der Waals surface area (Å²) in [7, 11) is -2.32. The number of carbonyl (C=O) groups is 1. The van der Waals surface area contributed by atoms with Crippen LogP contribution >= 0.6 is 15.9 Å². The number of nitrogens with one attached hydrogen (secondary N) is 1. The Morgan fingerprint density at radius 1 is 1.37 bits per heavy atom. The molecule has 0 heterocycles. The summed E-state index contributed by atoms with van der Waals surface area (Å²) in [6, 6.07) is 7.23. The first kappa shape index (κ1) is 16.1.